The molecular formula is C21H18FNO4S. The van der Waals surface area contributed by atoms with Gasteiger partial charge in [-0.1, -0.05) is 35.9 Å². The summed E-state index contributed by atoms with van der Waals surface area (Å²) >= 11 is 0. The SMILES string of the molecule is COC(=O)c1ccc(-c2cccc(NS(=O)(=O)c3ccc(C)cc3)c2)cc1F. The molecule has 28 heavy (non-hydrogen) atoms. The zero-order valence-electron chi connectivity index (χ0n) is 15.3. The smallest absolute Gasteiger partial charge is 0.340 e. The Morgan fingerprint density at radius 2 is 1.64 bits per heavy atom. The van der Waals surface area contributed by atoms with Gasteiger partial charge in [0.1, 0.15) is 5.82 Å². The lowest BCUT2D eigenvalue weighted by molar-refractivity contribution is 0.0595. The van der Waals surface area contributed by atoms with Crippen molar-refractivity contribution in [3.8, 4) is 11.1 Å². The number of rotatable bonds is 5. The first-order valence-electron chi connectivity index (χ1n) is 8.38. The molecule has 0 aliphatic rings. The second-order valence-corrected chi connectivity index (χ2v) is 7.87. The van der Waals surface area contributed by atoms with E-state index >= 15 is 0 Å². The van der Waals surface area contributed by atoms with E-state index in [0.717, 1.165) is 5.56 Å². The van der Waals surface area contributed by atoms with E-state index < -0.39 is 21.8 Å². The van der Waals surface area contributed by atoms with E-state index in [9.17, 15) is 17.6 Å². The lowest BCUT2D eigenvalue weighted by Crippen LogP contribution is -2.12. The minimum absolute atomic E-state index is 0.150. The van der Waals surface area contributed by atoms with Crippen LogP contribution in [0.15, 0.2) is 71.6 Å². The predicted octanol–water partition coefficient (Wildman–Crippen LogP) is 4.39. The van der Waals surface area contributed by atoms with E-state index in [-0.39, 0.29) is 10.5 Å². The molecule has 3 aromatic rings. The summed E-state index contributed by atoms with van der Waals surface area (Å²) in [5.74, 6) is -1.47. The Balaban J connectivity index is 1.89. The molecule has 0 aliphatic carbocycles. The van der Waals surface area contributed by atoms with E-state index in [1.54, 1.807) is 42.5 Å². The fourth-order valence-corrected chi connectivity index (χ4v) is 3.71. The highest BCUT2D eigenvalue weighted by atomic mass is 32.2. The maximum Gasteiger partial charge on any atom is 0.340 e. The first-order valence-corrected chi connectivity index (χ1v) is 9.86. The molecule has 0 atom stereocenters. The van der Waals surface area contributed by atoms with Gasteiger partial charge in [0.25, 0.3) is 10.0 Å². The third-order valence-electron chi connectivity index (χ3n) is 4.15. The van der Waals surface area contributed by atoms with Crippen LogP contribution < -0.4 is 4.72 Å². The van der Waals surface area contributed by atoms with E-state index in [2.05, 4.69) is 9.46 Å². The quantitative estimate of drug-likeness (QED) is 0.646. The van der Waals surface area contributed by atoms with Gasteiger partial charge in [-0.3, -0.25) is 4.72 Å². The molecule has 0 unspecified atom stereocenters. The van der Waals surface area contributed by atoms with Crippen molar-refractivity contribution in [1.29, 1.82) is 0 Å². The van der Waals surface area contributed by atoms with Crippen molar-refractivity contribution in [3.63, 3.8) is 0 Å². The first-order chi connectivity index (χ1) is 13.3. The molecule has 1 N–H and O–H groups in total. The Hall–Kier alpha value is -3.19. The Bertz CT molecular complexity index is 1130. The van der Waals surface area contributed by atoms with Gasteiger partial charge in [0.15, 0.2) is 0 Å². The second-order valence-electron chi connectivity index (χ2n) is 6.19. The number of esters is 1. The van der Waals surface area contributed by atoms with Crippen LogP contribution in [0.1, 0.15) is 15.9 Å². The molecule has 0 aliphatic heterocycles. The minimum atomic E-state index is -3.74. The zero-order valence-corrected chi connectivity index (χ0v) is 16.1. The van der Waals surface area contributed by atoms with Crippen LogP contribution in [0.25, 0.3) is 11.1 Å². The van der Waals surface area contributed by atoms with Gasteiger partial charge in [-0.25, -0.2) is 17.6 Å². The van der Waals surface area contributed by atoms with E-state index in [1.807, 2.05) is 6.92 Å². The second kappa shape index (κ2) is 7.82. The van der Waals surface area contributed by atoms with Crippen molar-refractivity contribution in [1.82, 2.24) is 0 Å². The maximum absolute atomic E-state index is 14.2. The van der Waals surface area contributed by atoms with Crippen LogP contribution in [0.3, 0.4) is 0 Å². The molecular weight excluding hydrogens is 381 g/mol. The van der Waals surface area contributed by atoms with Crippen LogP contribution in [0.2, 0.25) is 0 Å². The molecule has 0 heterocycles. The monoisotopic (exact) mass is 399 g/mol. The van der Waals surface area contributed by atoms with Gasteiger partial charge in [0.05, 0.1) is 17.6 Å². The molecule has 0 spiro atoms. The standard InChI is InChI=1S/C21H18FNO4S/c1-14-6-9-18(10-7-14)28(25,26)23-17-5-3-4-15(12-17)16-8-11-19(20(22)13-16)21(24)27-2/h3-13,23H,1-2H3. The Labute approximate surface area is 162 Å². The molecule has 0 radical (unpaired) electrons. The van der Waals surface area contributed by atoms with Gasteiger partial charge < -0.3 is 4.74 Å². The van der Waals surface area contributed by atoms with Crippen molar-refractivity contribution >= 4 is 21.7 Å². The predicted molar refractivity (Wildman–Crippen MR) is 105 cm³/mol. The Kier molecular flexibility index (Phi) is 5.46. The van der Waals surface area contributed by atoms with E-state index in [1.165, 1.54) is 31.4 Å². The molecule has 7 heteroatoms. The lowest BCUT2D eigenvalue weighted by atomic mass is 10.0. The molecule has 0 fully saturated rings. The number of nitrogens with one attached hydrogen (secondary N) is 1. The number of benzene rings is 3. The summed E-state index contributed by atoms with van der Waals surface area (Å²) < 4.78 is 46.3. The van der Waals surface area contributed by atoms with Crippen molar-refractivity contribution in [3.05, 3.63) is 83.7 Å². The number of carbonyl (C=O) groups is 1. The third kappa shape index (κ3) is 4.20. The highest BCUT2D eigenvalue weighted by Gasteiger charge is 2.15. The summed E-state index contributed by atoms with van der Waals surface area (Å²) in [7, 11) is -2.56. The topological polar surface area (TPSA) is 72.5 Å². The average molecular weight is 399 g/mol. The van der Waals surface area contributed by atoms with Crippen LogP contribution >= 0.6 is 0 Å². The van der Waals surface area contributed by atoms with Crippen LogP contribution in [-0.2, 0) is 14.8 Å². The number of hydrogen-bond acceptors (Lipinski definition) is 4. The number of aryl methyl sites for hydroxylation is 1. The normalized spacial score (nSPS) is 11.1. The largest absolute Gasteiger partial charge is 0.465 e. The van der Waals surface area contributed by atoms with Crippen molar-refractivity contribution in [2.45, 2.75) is 11.8 Å². The van der Waals surface area contributed by atoms with Gasteiger partial charge >= 0.3 is 5.97 Å². The molecule has 144 valence electrons. The van der Waals surface area contributed by atoms with Crippen molar-refractivity contribution in [2.75, 3.05) is 11.8 Å². The maximum atomic E-state index is 14.2. The molecule has 0 amide bonds. The molecule has 0 aromatic heterocycles. The number of ether oxygens (including phenoxy) is 1. The van der Waals surface area contributed by atoms with Gasteiger partial charge in [0, 0.05) is 5.69 Å². The molecule has 3 rings (SSSR count). The molecule has 5 nitrogen and oxygen atoms in total. The third-order valence-corrected chi connectivity index (χ3v) is 5.55. The molecule has 3 aromatic carbocycles. The highest BCUT2D eigenvalue weighted by molar-refractivity contribution is 7.92. The molecule has 0 saturated heterocycles. The van der Waals surface area contributed by atoms with E-state index in [4.69, 9.17) is 0 Å². The van der Waals surface area contributed by atoms with Crippen molar-refractivity contribution in [2.24, 2.45) is 0 Å². The van der Waals surface area contributed by atoms with Gasteiger partial charge in [-0.05, 0) is 54.4 Å². The minimum Gasteiger partial charge on any atom is -0.465 e. The summed E-state index contributed by atoms with van der Waals surface area (Å²) in [6, 6.07) is 17.2. The van der Waals surface area contributed by atoms with Crippen LogP contribution in [0.4, 0.5) is 10.1 Å². The zero-order chi connectivity index (χ0) is 20.3. The summed E-state index contributed by atoms with van der Waals surface area (Å²) in [6.45, 7) is 1.87. The fraction of sp³-hybridized carbons (Fsp3) is 0.0952. The molecule has 0 saturated carbocycles. The summed E-state index contributed by atoms with van der Waals surface area (Å²) in [4.78, 5) is 11.7. The average Bonchev–Trinajstić information content (AvgIpc) is 2.67. The van der Waals surface area contributed by atoms with Crippen molar-refractivity contribution < 1.29 is 22.3 Å². The molecule has 0 bridgehead atoms. The van der Waals surface area contributed by atoms with Gasteiger partial charge in [-0.2, -0.15) is 0 Å². The van der Waals surface area contributed by atoms with Gasteiger partial charge in [-0.15, -0.1) is 0 Å². The highest BCUT2D eigenvalue weighted by Crippen LogP contribution is 2.26. The van der Waals surface area contributed by atoms with Crippen LogP contribution in [0, 0.1) is 12.7 Å². The number of methoxy groups -OCH3 is 1. The number of hydrogen-bond donors (Lipinski definition) is 1. The van der Waals surface area contributed by atoms with Crippen LogP contribution in [0.5, 0.6) is 0 Å². The summed E-state index contributed by atoms with van der Waals surface area (Å²) in [5, 5.41) is 0. The van der Waals surface area contributed by atoms with Crippen LogP contribution in [-0.4, -0.2) is 21.5 Å². The Morgan fingerprint density at radius 3 is 2.29 bits per heavy atom. The first kappa shape index (κ1) is 19.6. The Morgan fingerprint density at radius 1 is 0.964 bits per heavy atom. The van der Waals surface area contributed by atoms with E-state index in [0.29, 0.717) is 16.8 Å². The number of halogens is 1. The summed E-state index contributed by atoms with van der Waals surface area (Å²) in [5.41, 5.74) is 2.23. The number of anilines is 1. The lowest BCUT2D eigenvalue weighted by Gasteiger charge is -2.11. The van der Waals surface area contributed by atoms with Gasteiger partial charge in [0.2, 0.25) is 0 Å². The number of sulfonamides is 1. The number of carbonyl (C=O) groups excluding carboxylic acids is 1. The fourth-order valence-electron chi connectivity index (χ4n) is 2.66. The summed E-state index contributed by atoms with van der Waals surface area (Å²) in [6.07, 6.45) is 0.